The van der Waals surface area contributed by atoms with E-state index in [-0.39, 0.29) is 17.8 Å². The van der Waals surface area contributed by atoms with Gasteiger partial charge in [0.15, 0.2) is 0 Å². The van der Waals surface area contributed by atoms with Crippen molar-refractivity contribution in [2.75, 3.05) is 13.7 Å². The van der Waals surface area contributed by atoms with Gasteiger partial charge in [0.05, 0.1) is 29.9 Å². The van der Waals surface area contributed by atoms with Crippen LogP contribution in [0.2, 0.25) is 0 Å². The van der Waals surface area contributed by atoms with E-state index in [2.05, 4.69) is 4.98 Å². The molecule has 2 aromatic carbocycles. The number of methoxy groups -OCH3 is 1. The molecule has 5 heteroatoms. The van der Waals surface area contributed by atoms with Crippen LogP contribution in [0.15, 0.2) is 48.5 Å². The summed E-state index contributed by atoms with van der Waals surface area (Å²) in [7, 11) is 1.64. The number of carbonyl (C=O) groups is 1. The van der Waals surface area contributed by atoms with Crippen molar-refractivity contribution in [3.8, 4) is 5.75 Å². The molecule has 4 nitrogen and oxygen atoms in total. The first-order chi connectivity index (χ1) is 13.1. The Hall–Kier alpha value is -2.95. The Labute approximate surface area is 157 Å². The standard InChI is InChI=1S/C22H21FN2O2/c1-14-19(13-16-11-17(23)8-9-20(16)24-14)22(26)25-10-4-7-21(25)15-5-3-6-18(12-15)27-2/h3,5-6,8-9,11-13,21H,4,7,10H2,1-2H3/t21-/m1/s1. The van der Waals surface area contributed by atoms with Crippen LogP contribution in [0, 0.1) is 12.7 Å². The van der Waals surface area contributed by atoms with Gasteiger partial charge in [-0.15, -0.1) is 0 Å². The predicted molar refractivity (Wildman–Crippen MR) is 102 cm³/mol. The van der Waals surface area contributed by atoms with Crippen molar-refractivity contribution in [1.29, 1.82) is 0 Å². The summed E-state index contributed by atoms with van der Waals surface area (Å²) >= 11 is 0. The molecule has 3 aromatic rings. The molecule has 1 aliphatic heterocycles. The average molecular weight is 364 g/mol. The van der Waals surface area contributed by atoms with Crippen molar-refractivity contribution in [3.05, 3.63) is 71.2 Å². The van der Waals surface area contributed by atoms with E-state index in [1.807, 2.05) is 36.1 Å². The fraction of sp³-hybridized carbons (Fsp3) is 0.273. The molecule has 0 radical (unpaired) electrons. The molecule has 4 rings (SSSR count). The summed E-state index contributed by atoms with van der Waals surface area (Å²) in [5.74, 6) is 0.393. The van der Waals surface area contributed by atoms with Gasteiger partial charge in [-0.25, -0.2) is 4.39 Å². The molecule has 0 spiro atoms. The number of aromatic nitrogens is 1. The van der Waals surface area contributed by atoms with E-state index >= 15 is 0 Å². The first-order valence-corrected chi connectivity index (χ1v) is 9.08. The fourth-order valence-electron chi connectivity index (χ4n) is 3.82. The van der Waals surface area contributed by atoms with Gasteiger partial charge in [0.1, 0.15) is 11.6 Å². The Balaban J connectivity index is 1.70. The number of ether oxygens (including phenoxy) is 1. The second kappa shape index (κ2) is 6.99. The third kappa shape index (κ3) is 3.25. The largest absolute Gasteiger partial charge is 0.497 e. The number of aryl methyl sites for hydroxylation is 1. The van der Waals surface area contributed by atoms with Crippen molar-refractivity contribution in [2.45, 2.75) is 25.8 Å². The topological polar surface area (TPSA) is 42.4 Å². The Bertz CT molecular complexity index is 1020. The molecule has 0 bridgehead atoms. The Morgan fingerprint density at radius 3 is 2.89 bits per heavy atom. The van der Waals surface area contributed by atoms with Crippen LogP contribution in [-0.4, -0.2) is 29.4 Å². The van der Waals surface area contributed by atoms with Gasteiger partial charge in [0.25, 0.3) is 5.91 Å². The SMILES string of the molecule is COc1cccc([C@H]2CCCN2C(=O)c2cc3cc(F)ccc3nc2C)c1. The third-order valence-electron chi connectivity index (χ3n) is 5.19. The molecule has 1 aromatic heterocycles. The molecule has 0 aliphatic carbocycles. The van der Waals surface area contributed by atoms with E-state index in [0.717, 1.165) is 24.2 Å². The molecule has 1 atom stereocenters. The number of hydrogen-bond donors (Lipinski definition) is 0. The first-order valence-electron chi connectivity index (χ1n) is 9.08. The van der Waals surface area contributed by atoms with E-state index in [0.29, 0.717) is 28.7 Å². The van der Waals surface area contributed by atoms with Gasteiger partial charge in [0, 0.05) is 11.9 Å². The molecule has 0 unspecified atom stereocenters. The molecular formula is C22H21FN2O2. The van der Waals surface area contributed by atoms with Crippen molar-refractivity contribution >= 4 is 16.8 Å². The summed E-state index contributed by atoms with van der Waals surface area (Å²) in [5.41, 5.74) is 2.95. The maximum Gasteiger partial charge on any atom is 0.256 e. The zero-order valence-electron chi connectivity index (χ0n) is 15.4. The first kappa shape index (κ1) is 17.5. The van der Waals surface area contributed by atoms with E-state index in [1.165, 1.54) is 12.1 Å². The minimum Gasteiger partial charge on any atom is -0.497 e. The van der Waals surface area contributed by atoms with Crippen LogP contribution in [0.3, 0.4) is 0 Å². The molecule has 1 aliphatic rings. The van der Waals surface area contributed by atoms with Crippen molar-refractivity contribution in [1.82, 2.24) is 9.88 Å². The number of benzene rings is 2. The van der Waals surface area contributed by atoms with Gasteiger partial charge in [-0.3, -0.25) is 9.78 Å². The molecule has 0 N–H and O–H groups in total. The molecule has 138 valence electrons. The van der Waals surface area contributed by atoms with Gasteiger partial charge in [-0.1, -0.05) is 12.1 Å². The molecule has 1 fully saturated rings. The molecule has 0 saturated carbocycles. The maximum absolute atomic E-state index is 13.6. The summed E-state index contributed by atoms with van der Waals surface area (Å²) in [4.78, 5) is 19.7. The second-order valence-electron chi connectivity index (χ2n) is 6.89. The van der Waals surface area contributed by atoms with Crippen molar-refractivity contribution in [3.63, 3.8) is 0 Å². The lowest BCUT2D eigenvalue weighted by molar-refractivity contribution is 0.0734. The minimum absolute atomic E-state index is 0.00945. The van der Waals surface area contributed by atoms with Crippen LogP contribution in [0.5, 0.6) is 5.75 Å². The highest BCUT2D eigenvalue weighted by molar-refractivity contribution is 5.99. The number of hydrogen-bond acceptors (Lipinski definition) is 3. The molecule has 2 heterocycles. The predicted octanol–water partition coefficient (Wildman–Crippen LogP) is 4.67. The van der Waals surface area contributed by atoms with E-state index in [1.54, 1.807) is 19.2 Å². The van der Waals surface area contributed by atoms with Crippen LogP contribution in [0.25, 0.3) is 10.9 Å². The van der Waals surface area contributed by atoms with Crippen molar-refractivity contribution < 1.29 is 13.9 Å². The number of nitrogens with zero attached hydrogens (tertiary/aromatic N) is 2. The third-order valence-corrected chi connectivity index (χ3v) is 5.19. The highest BCUT2D eigenvalue weighted by atomic mass is 19.1. The van der Waals surface area contributed by atoms with Crippen LogP contribution >= 0.6 is 0 Å². The summed E-state index contributed by atoms with van der Waals surface area (Å²) < 4.78 is 18.9. The fourth-order valence-corrected chi connectivity index (χ4v) is 3.82. The number of halogens is 1. The number of rotatable bonds is 3. The molecule has 1 saturated heterocycles. The summed E-state index contributed by atoms with van der Waals surface area (Å²) in [6, 6.07) is 14.1. The monoisotopic (exact) mass is 364 g/mol. The lowest BCUT2D eigenvalue weighted by Gasteiger charge is -2.26. The van der Waals surface area contributed by atoms with Gasteiger partial charge >= 0.3 is 0 Å². The molecule has 27 heavy (non-hydrogen) atoms. The van der Waals surface area contributed by atoms with E-state index in [4.69, 9.17) is 4.74 Å². The average Bonchev–Trinajstić information content (AvgIpc) is 3.17. The number of likely N-dealkylation sites (tertiary alicyclic amines) is 1. The van der Waals surface area contributed by atoms with Crippen LogP contribution < -0.4 is 4.74 Å². The van der Waals surface area contributed by atoms with E-state index < -0.39 is 0 Å². The Morgan fingerprint density at radius 1 is 1.22 bits per heavy atom. The normalized spacial score (nSPS) is 16.7. The number of carbonyl (C=O) groups excluding carboxylic acids is 1. The summed E-state index contributed by atoms with van der Waals surface area (Å²) in [6.07, 6.45) is 1.86. The summed E-state index contributed by atoms with van der Waals surface area (Å²) in [6.45, 7) is 2.52. The van der Waals surface area contributed by atoms with Gasteiger partial charge in [-0.05, 0) is 61.7 Å². The van der Waals surface area contributed by atoms with Crippen LogP contribution in [0.4, 0.5) is 4.39 Å². The Morgan fingerprint density at radius 2 is 2.07 bits per heavy atom. The number of fused-ring (bicyclic) bond motifs is 1. The maximum atomic E-state index is 13.6. The lowest BCUT2D eigenvalue weighted by Crippen LogP contribution is -2.31. The smallest absolute Gasteiger partial charge is 0.256 e. The quantitative estimate of drug-likeness (QED) is 0.678. The zero-order chi connectivity index (χ0) is 19.0. The highest BCUT2D eigenvalue weighted by Gasteiger charge is 2.31. The van der Waals surface area contributed by atoms with E-state index in [9.17, 15) is 9.18 Å². The summed E-state index contributed by atoms with van der Waals surface area (Å²) in [5, 5.41) is 0.640. The lowest BCUT2D eigenvalue weighted by atomic mass is 10.0. The van der Waals surface area contributed by atoms with Crippen LogP contribution in [-0.2, 0) is 0 Å². The number of amides is 1. The second-order valence-corrected chi connectivity index (χ2v) is 6.89. The highest BCUT2D eigenvalue weighted by Crippen LogP contribution is 2.35. The van der Waals surface area contributed by atoms with Crippen LogP contribution in [0.1, 0.15) is 40.5 Å². The number of pyridine rings is 1. The molecular weight excluding hydrogens is 343 g/mol. The van der Waals surface area contributed by atoms with Gasteiger partial charge in [0.2, 0.25) is 0 Å². The minimum atomic E-state index is -0.331. The Kier molecular flexibility index (Phi) is 4.52. The molecule has 1 amide bonds. The van der Waals surface area contributed by atoms with Crippen molar-refractivity contribution in [2.24, 2.45) is 0 Å². The van der Waals surface area contributed by atoms with Gasteiger partial charge < -0.3 is 9.64 Å². The zero-order valence-corrected chi connectivity index (χ0v) is 15.4. The van der Waals surface area contributed by atoms with Gasteiger partial charge in [-0.2, -0.15) is 0 Å².